The van der Waals surface area contributed by atoms with Crippen molar-refractivity contribution in [1.82, 2.24) is 9.55 Å². The van der Waals surface area contributed by atoms with E-state index in [9.17, 15) is 9.90 Å². The van der Waals surface area contributed by atoms with Gasteiger partial charge in [0, 0.05) is 19.0 Å². The molecule has 1 aromatic heterocycles. The fourth-order valence-electron chi connectivity index (χ4n) is 2.51. The van der Waals surface area contributed by atoms with Gasteiger partial charge in [0.2, 0.25) is 0 Å². The Labute approximate surface area is 101 Å². The second-order valence-electron chi connectivity index (χ2n) is 4.52. The Morgan fingerprint density at radius 3 is 2.94 bits per heavy atom. The van der Waals surface area contributed by atoms with Crippen LogP contribution in [0.4, 0.5) is 0 Å². The highest BCUT2D eigenvalue weighted by atomic mass is 16.4. The van der Waals surface area contributed by atoms with Crippen LogP contribution in [0.15, 0.2) is 0 Å². The molecule has 0 amide bonds. The van der Waals surface area contributed by atoms with Gasteiger partial charge in [0.1, 0.15) is 5.82 Å². The number of rotatable bonds is 4. The first-order chi connectivity index (χ1) is 8.19. The molecule has 2 rings (SSSR count). The van der Waals surface area contributed by atoms with E-state index in [0.717, 1.165) is 43.7 Å². The van der Waals surface area contributed by atoms with Crippen molar-refractivity contribution < 1.29 is 9.90 Å². The van der Waals surface area contributed by atoms with Gasteiger partial charge in [0.15, 0.2) is 5.69 Å². The summed E-state index contributed by atoms with van der Waals surface area (Å²) in [6, 6.07) is 0. The molecule has 0 aliphatic carbocycles. The number of carboxylic acids is 1. The largest absolute Gasteiger partial charge is 0.476 e. The first-order valence-corrected chi connectivity index (χ1v) is 6.21. The number of carboxylic acid groups (broad SMARTS) is 1. The van der Waals surface area contributed by atoms with Crippen molar-refractivity contribution in [3.8, 4) is 0 Å². The normalized spacial score (nSPS) is 16.6. The van der Waals surface area contributed by atoms with Crippen LogP contribution >= 0.6 is 0 Å². The van der Waals surface area contributed by atoms with Gasteiger partial charge in [-0.05, 0) is 25.7 Å². The van der Waals surface area contributed by atoms with Crippen LogP contribution in [-0.4, -0.2) is 27.2 Å². The van der Waals surface area contributed by atoms with Crippen LogP contribution in [0, 0.1) is 0 Å². The predicted octanol–water partition coefficient (Wildman–Crippen LogP) is 1.37. The molecule has 1 aromatic rings. The van der Waals surface area contributed by atoms with E-state index < -0.39 is 5.97 Å². The third kappa shape index (κ3) is 2.07. The second kappa shape index (κ2) is 4.87. The summed E-state index contributed by atoms with van der Waals surface area (Å²) >= 11 is 0. The lowest BCUT2D eigenvalue weighted by Crippen LogP contribution is -2.20. The number of hydrogen-bond donors (Lipinski definition) is 2. The minimum absolute atomic E-state index is 0.167. The van der Waals surface area contributed by atoms with Gasteiger partial charge in [0.05, 0.1) is 5.69 Å². The molecule has 17 heavy (non-hydrogen) atoms. The average Bonchev–Trinajstić information content (AvgIpc) is 2.71. The molecule has 0 spiro atoms. The zero-order valence-corrected chi connectivity index (χ0v) is 10.1. The molecule has 1 aliphatic rings. The molecule has 3 N–H and O–H groups in total. The molecule has 0 bridgehead atoms. The van der Waals surface area contributed by atoms with E-state index in [1.165, 1.54) is 0 Å². The van der Waals surface area contributed by atoms with Crippen molar-refractivity contribution in [2.24, 2.45) is 5.73 Å². The van der Waals surface area contributed by atoms with Gasteiger partial charge < -0.3 is 15.4 Å². The van der Waals surface area contributed by atoms with E-state index in [1.807, 2.05) is 0 Å². The smallest absolute Gasteiger partial charge is 0.356 e. The monoisotopic (exact) mass is 237 g/mol. The highest BCUT2D eigenvalue weighted by molar-refractivity contribution is 5.87. The maximum atomic E-state index is 11.2. The summed E-state index contributed by atoms with van der Waals surface area (Å²) in [5, 5.41) is 9.17. The number of aromatic nitrogens is 2. The second-order valence-corrected chi connectivity index (χ2v) is 4.52. The molecule has 1 atom stereocenters. The summed E-state index contributed by atoms with van der Waals surface area (Å²) in [6.07, 6.45) is 3.85. The fraction of sp³-hybridized carbons (Fsp3) is 0.667. The van der Waals surface area contributed by atoms with Crippen molar-refractivity contribution in [1.29, 1.82) is 0 Å². The first-order valence-electron chi connectivity index (χ1n) is 6.21. The van der Waals surface area contributed by atoms with Crippen LogP contribution in [-0.2, 0) is 13.0 Å². The maximum Gasteiger partial charge on any atom is 0.356 e. The molecule has 1 aliphatic heterocycles. The summed E-state index contributed by atoms with van der Waals surface area (Å²) in [6.45, 7) is 3.45. The van der Waals surface area contributed by atoms with Crippen LogP contribution in [0.1, 0.15) is 54.1 Å². The number of imidazole rings is 1. The quantitative estimate of drug-likeness (QED) is 0.828. The molecule has 0 radical (unpaired) electrons. The molecule has 0 aromatic carbocycles. The van der Waals surface area contributed by atoms with Crippen LogP contribution < -0.4 is 5.73 Å². The minimum Gasteiger partial charge on any atom is -0.476 e. The molecular formula is C12H19N3O2. The van der Waals surface area contributed by atoms with Crippen LogP contribution in [0.25, 0.3) is 0 Å². The van der Waals surface area contributed by atoms with Crippen LogP contribution in [0.2, 0.25) is 0 Å². The molecule has 5 nitrogen and oxygen atoms in total. The number of nitrogens with zero attached hydrogens (tertiary/aromatic N) is 2. The summed E-state index contributed by atoms with van der Waals surface area (Å²) in [5.74, 6) is 0.107. The number of carbonyl (C=O) groups is 1. The molecule has 94 valence electrons. The lowest BCUT2D eigenvalue weighted by atomic mass is 10.0. The lowest BCUT2D eigenvalue weighted by molar-refractivity contribution is 0.0689. The zero-order chi connectivity index (χ0) is 12.4. The standard InChI is InChI=1S/C12H19N3O2/c1-2-8(7-13)11-14-10(12(16)17)9-5-3-4-6-15(9)11/h8H,2-7,13H2,1H3,(H,16,17). The number of hydrogen-bond acceptors (Lipinski definition) is 3. The first kappa shape index (κ1) is 12.1. The van der Waals surface area contributed by atoms with E-state index in [0.29, 0.717) is 6.54 Å². The zero-order valence-electron chi connectivity index (χ0n) is 10.1. The lowest BCUT2D eigenvalue weighted by Gasteiger charge is -2.20. The molecule has 0 saturated heterocycles. The van der Waals surface area contributed by atoms with E-state index in [1.54, 1.807) is 0 Å². The molecule has 1 unspecified atom stereocenters. The Hall–Kier alpha value is -1.36. The van der Waals surface area contributed by atoms with Crippen molar-refractivity contribution >= 4 is 5.97 Å². The number of nitrogens with two attached hydrogens (primary N) is 1. The Kier molecular flexibility index (Phi) is 3.47. The third-order valence-electron chi connectivity index (χ3n) is 3.49. The summed E-state index contributed by atoms with van der Waals surface area (Å²) in [4.78, 5) is 15.5. The predicted molar refractivity (Wildman–Crippen MR) is 64.2 cm³/mol. The molecular weight excluding hydrogens is 218 g/mol. The maximum absolute atomic E-state index is 11.2. The van der Waals surface area contributed by atoms with Gasteiger partial charge in [-0.2, -0.15) is 0 Å². The van der Waals surface area contributed by atoms with E-state index in [-0.39, 0.29) is 11.6 Å². The van der Waals surface area contributed by atoms with E-state index in [4.69, 9.17) is 5.73 Å². The summed E-state index contributed by atoms with van der Waals surface area (Å²) < 4.78 is 2.08. The molecule has 2 heterocycles. The SMILES string of the molecule is CCC(CN)c1nc(C(=O)O)c2n1CCCC2. The van der Waals surface area contributed by atoms with Gasteiger partial charge in [-0.15, -0.1) is 0 Å². The van der Waals surface area contributed by atoms with Gasteiger partial charge in [0.25, 0.3) is 0 Å². The number of aromatic carboxylic acids is 1. The Balaban J connectivity index is 2.49. The molecule has 0 saturated carbocycles. The minimum atomic E-state index is -0.922. The highest BCUT2D eigenvalue weighted by Gasteiger charge is 2.26. The van der Waals surface area contributed by atoms with Crippen molar-refractivity contribution in [2.45, 2.75) is 45.1 Å². The number of fused-ring (bicyclic) bond motifs is 1. The molecule has 5 heteroatoms. The third-order valence-corrected chi connectivity index (χ3v) is 3.49. The van der Waals surface area contributed by atoms with Gasteiger partial charge >= 0.3 is 5.97 Å². The van der Waals surface area contributed by atoms with Crippen LogP contribution in [0.5, 0.6) is 0 Å². The van der Waals surface area contributed by atoms with E-state index >= 15 is 0 Å². The van der Waals surface area contributed by atoms with Gasteiger partial charge in [-0.25, -0.2) is 9.78 Å². The fourth-order valence-corrected chi connectivity index (χ4v) is 2.51. The van der Waals surface area contributed by atoms with E-state index in [2.05, 4.69) is 16.5 Å². The van der Waals surface area contributed by atoms with Crippen molar-refractivity contribution in [3.63, 3.8) is 0 Å². The molecule has 0 fully saturated rings. The van der Waals surface area contributed by atoms with Crippen molar-refractivity contribution in [2.75, 3.05) is 6.54 Å². The summed E-state index contributed by atoms with van der Waals surface area (Å²) in [5.41, 5.74) is 6.84. The van der Waals surface area contributed by atoms with Crippen molar-refractivity contribution in [3.05, 3.63) is 17.2 Å². The van der Waals surface area contributed by atoms with Crippen LogP contribution in [0.3, 0.4) is 0 Å². The van der Waals surface area contributed by atoms with Gasteiger partial charge in [-0.1, -0.05) is 6.92 Å². The van der Waals surface area contributed by atoms with Gasteiger partial charge in [-0.3, -0.25) is 0 Å². The Morgan fingerprint density at radius 2 is 2.35 bits per heavy atom. The highest BCUT2D eigenvalue weighted by Crippen LogP contribution is 2.26. The average molecular weight is 237 g/mol. The Morgan fingerprint density at radius 1 is 1.59 bits per heavy atom. The topological polar surface area (TPSA) is 81.1 Å². The summed E-state index contributed by atoms with van der Waals surface area (Å²) in [7, 11) is 0. The Bertz CT molecular complexity index is 422.